The van der Waals surface area contributed by atoms with Crippen LogP contribution in [0.4, 0.5) is 5.69 Å². The van der Waals surface area contributed by atoms with Gasteiger partial charge in [0.25, 0.3) is 0 Å². The van der Waals surface area contributed by atoms with E-state index < -0.39 is 0 Å². The molecule has 0 amide bonds. The molecule has 3 aromatic carbocycles. The van der Waals surface area contributed by atoms with Gasteiger partial charge >= 0.3 is 0 Å². The van der Waals surface area contributed by atoms with Gasteiger partial charge in [0, 0.05) is 23.3 Å². The Morgan fingerprint density at radius 3 is 2.37 bits per heavy atom. The normalized spacial score (nSPS) is 15.9. The number of rotatable bonds is 4. The topological polar surface area (TPSA) is 40.0 Å². The van der Waals surface area contributed by atoms with Crippen LogP contribution in [0.2, 0.25) is 0 Å². The molecular formula is C23H23NO3. The van der Waals surface area contributed by atoms with Gasteiger partial charge < -0.3 is 14.2 Å². The summed E-state index contributed by atoms with van der Waals surface area (Å²) < 4.78 is 16.9. The van der Waals surface area contributed by atoms with Crippen molar-refractivity contribution in [3.05, 3.63) is 59.7 Å². The van der Waals surface area contributed by atoms with Gasteiger partial charge in [-0.2, -0.15) is 0 Å². The molecule has 1 unspecified atom stereocenters. The molecule has 4 rings (SSSR count). The zero-order valence-electron chi connectivity index (χ0n) is 16.1. The zero-order valence-corrected chi connectivity index (χ0v) is 16.1. The molecule has 0 fully saturated rings. The largest absolute Gasteiger partial charge is 0.493 e. The third-order valence-corrected chi connectivity index (χ3v) is 5.20. The summed E-state index contributed by atoms with van der Waals surface area (Å²) in [7, 11) is 4.94. The summed E-state index contributed by atoms with van der Waals surface area (Å²) in [6, 6.07) is 16.9. The van der Waals surface area contributed by atoms with E-state index in [9.17, 15) is 0 Å². The van der Waals surface area contributed by atoms with Crippen molar-refractivity contribution in [1.29, 1.82) is 0 Å². The second kappa shape index (κ2) is 6.95. The van der Waals surface area contributed by atoms with Crippen molar-refractivity contribution in [2.24, 2.45) is 4.99 Å². The number of hydrogen-bond donors (Lipinski definition) is 0. The lowest BCUT2D eigenvalue weighted by Gasteiger charge is -2.28. The molecule has 1 aliphatic rings. The summed E-state index contributed by atoms with van der Waals surface area (Å²) in [5, 5.41) is 2.48. The van der Waals surface area contributed by atoms with Crippen molar-refractivity contribution < 1.29 is 14.2 Å². The van der Waals surface area contributed by atoms with E-state index in [1.165, 1.54) is 16.3 Å². The fourth-order valence-electron chi connectivity index (χ4n) is 4.06. The van der Waals surface area contributed by atoms with Crippen LogP contribution in [0.3, 0.4) is 0 Å². The number of nitrogens with zero attached hydrogens (tertiary/aromatic N) is 1. The Morgan fingerprint density at radius 1 is 0.889 bits per heavy atom. The molecule has 0 aliphatic carbocycles. The summed E-state index contributed by atoms with van der Waals surface area (Å²) in [6.45, 7) is 2.07. The molecule has 0 aromatic heterocycles. The van der Waals surface area contributed by atoms with E-state index in [0.717, 1.165) is 23.4 Å². The molecule has 0 saturated carbocycles. The Bertz CT molecular complexity index is 1030. The van der Waals surface area contributed by atoms with Crippen LogP contribution < -0.4 is 14.2 Å². The van der Waals surface area contributed by atoms with Gasteiger partial charge in [-0.25, -0.2) is 0 Å². The number of fused-ring (bicyclic) bond motifs is 2. The van der Waals surface area contributed by atoms with Gasteiger partial charge in [-0.1, -0.05) is 42.5 Å². The van der Waals surface area contributed by atoms with Crippen LogP contribution in [0.1, 0.15) is 30.4 Å². The van der Waals surface area contributed by atoms with Crippen molar-refractivity contribution in [1.82, 2.24) is 0 Å². The monoisotopic (exact) mass is 361 g/mol. The lowest BCUT2D eigenvalue weighted by Crippen LogP contribution is -2.14. The van der Waals surface area contributed by atoms with E-state index in [1.54, 1.807) is 21.3 Å². The van der Waals surface area contributed by atoms with Crippen LogP contribution in [0.25, 0.3) is 10.8 Å². The molecule has 0 radical (unpaired) electrons. The highest BCUT2D eigenvalue weighted by Gasteiger charge is 2.31. The smallest absolute Gasteiger partial charge is 0.203 e. The minimum atomic E-state index is 0.137. The highest BCUT2D eigenvalue weighted by atomic mass is 16.5. The lowest BCUT2D eigenvalue weighted by atomic mass is 9.81. The molecule has 27 heavy (non-hydrogen) atoms. The number of hydrogen-bond acceptors (Lipinski definition) is 4. The maximum atomic E-state index is 5.80. The Balaban J connectivity index is 2.02. The average Bonchev–Trinajstić information content (AvgIpc) is 2.71. The predicted octanol–water partition coefficient (Wildman–Crippen LogP) is 5.49. The molecule has 0 bridgehead atoms. The van der Waals surface area contributed by atoms with Crippen molar-refractivity contribution in [2.45, 2.75) is 19.3 Å². The molecule has 0 N–H and O–H groups in total. The first-order valence-corrected chi connectivity index (χ1v) is 9.02. The predicted molar refractivity (Wildman–Crippen MR) is 109 cm³/mol. The van der Waals surface area contributed by atoms with Crippen molar-refractivity contribution in [3.8, 4) is 17.2 Å². The first-order chi connectivity index (χ1) is 13.2. The summed E-state index contributed by atoms with van der Waals surface area (Å²) in [5.41, 5.74) is 4.30. The highest BCUT2D eigenvalue weighted by Crippen LogP contribution is 2.52. The van der Waals surface area contributed by atoms with Gasteiger partial charge in [-0.05, 0) is 29.7 Å². The van der Waals surface area contributed by atoms with Crippen LogP contribution in [0.15, 0.2) is 53.5 Å². The molecule has 4 nitrogen and oxygen atoms in total. The van der Waals surface area contributed by atoms with E-state index in [0.29, 0.717) is 17.2 Å². The number of methoxy groups -OCH3 is 3. The molecule has 1 aliphatic heterocycles. The second-order valence-corrected chi connectivity index (χ2v) is 6.75. The standard InChI is InChI=1S/C23H23NO3/c1-14-12-18(17-11-7-9-15-8-5-6-10-16(15)17)21-19(24-14)13-20(25-2)22(26-3)23(21)27-4/h5-11,13,18H,12H2,1-4H3. The Morgan fingerprint density at radius 2 is 1.63 bits per heavy atom. The fraction of sp³-hybridized carbons (Fsp3) is 0.261. The van der Waals surface area contributed by atoms with Gasteiger partial charge in [0.05, 0.1) is 27.0 Å². The van der Waals surface area contributed by atoms with E-state index in [2.05, 4.69) is 49.4 Å². The summed E-state index contributed by atoms with van der Waals surface area (Å²) in [5.74, 6) is 2.07. The van der Waals surface area contributed by atoms with Crippen molar-refractivity contribution in [3.63, 3.8) is 0 Å². The quantitative estimate of drug-likeness (QED) is 0.616. The third kappa shape index (κ3) is 2.81. The number of ether oxygens (including phenoxy) is 3. The third-order valence-electron chi connectivity index (χ3n) is 5.20. The first kappa shape index (κ1) is 17.4. The van der Waals surface area contributed by atoms with Crippen LogP contribution >= 0.6 is 0 Å². The molecule has 1 atom stereocenters. The molecule has 1 heterocycles. The van der Waals surface area contributed by atoms with Crippen LogP contribution in [-0.2, 0) is 0 Å². The molecule has 4 heteroatoms. The van der Waals surface area contributed by atoms with Crippen molar-refractivity contribution >= 4 is 22.2 Å². The average molecular weight is 361 g/mol. The summed E-state index contributed by atoms with van der Waals surface area (Å²) in [6.07, 6.45) is 0.840. The number of benzene rings is 3. The van der Waals surface area contributed by atoms with Crippen molar-refractivity contribution in [2.75, 3.05) is 21.3 Å². The second-order valence-electron chi connectivity index (χ2n) is 6.75. The van der Waals surface area contributed by atoms with Gasteiger partial charge in [-0.15, -0.1) is 0 Å². The van der Waals surface area contributed by atoms with Gasteiger partial charge in [0.15, 0.2) is 11.5 Å². The first-order valence-electron chi connectivity index (χ1n) is 9.02. The molecule has 138 valence electrons. The molecule has 0 saturated heterocycles. The summed E-state index contributed by atoms with van der Waals surface area (Å²) >= 11 is 0. The molecule has 0 spiro atoms. The van der Waals surface area contributed by atoms with Crippen LogP contribution in [-0.4, -0.2) is 27.0 Å². The van der Waals surface area contributed by atoms with Gasteiger partial charge in [0.1, 0.15) is 0 Å². The highest BCUT2D eigenvalue weighted by molar-refractivity contribution is 5.93. The fourth-order valence-corrected chi connectivity index (χ4v) is 4.06. The lowest BCUT2D eigenvalue weighted by molar-refractivity contribution is 0.321. The van der Waals surface area contributed by atoms with E-state index >= 15 is 0 Å². The molecule has 3 aromatic rings. The van der Waals surface area contributed by atoms with E-state index in [4.69, 9.17) is 19.2 Å². The van der Waals surface area contributed by atoms with E-state index in [-0.39, 0.29) is 5.92 Å². The summed E-state index contributed by atoms with van der Waals surface area (Å²) in [4.78, 5) is 4.80. The van der Waals surface area contributed by atoms with Crippen LogP contribution in [0, 0.1) is 0 Å². The van der Waals surface area contributed by atoms with Gasteiger partial charge in [0.2, 0.25) is 5.75 Å². The van der Waals surface area contributed by atoms with Crippen LogP contribution in [0.5, 0.6) is 17.2 Å². The minimum Gasteiger partial charge on any atom is -0.493 e. The number of aliphatic imine (C=N–C) groups is 1. The molecular weight excluding hydrogens is 338 g/mol. The Labute approximate surface area is 159 Å². The maximum absolute atomic E-state index is 5.80. The Kier molecular flexibility index (Phi) is 4.48. The minimum absolute atomic E-state index is 0.137. The SMILES string of the molecule is COc1cc2c(c(OC)c1OC)C(c1cccc3ccccc13)CC(C)=N2. The maximum Gasteiger partial charge on any atom is 0.203 e. The van der Waals surface area contributed by atoms with Gasteiger partial charge in [-0.3, -0.25) is 4.99 Å². The van der Waals surface area contributed by atoms with E-state index in [1.807, 2.05) is 6.07 Å². The zero-order chi connectivity index (χ0) is 19.0. The Hall–Kier alpha value is -3.01.